The quantitative estimate of drug-likeness (QED) is 0.465. The third-order valence-electron chi connectivity index (χ3n) is 1.93. The minimum Gasteiger partial charge on any atom is -0.484 e. The van der Waals surface area contributed by atoms with Crippen molar-refractivity contribution >= 4 is 0 Å². The first-order valence-corrected chi connectivity index (χ1v) is 4.59. The van der Waals surface area contributed by atoms with E-state index in [1.807, 2.05) is 0 Å². The molecule has 0 atom stereocenters. The van der Waals surface area contributed by atoms with E-state index in [0.717, 1.165) is 0 Å². The largest absolute Gasteiger partial charge is 0.484 e. The van der Waals surface area contributed by atoms with Crippen LogP contribution in [0.25, 0.3) is 10.4 Å². The van der Waals surface area contributed by atoms with Crippen LogP contribution in [0.1, 0.15) is 11.3 Å². The highest BCUT2D eigenvalue weighted by Crippen LogP contribution is 2.23. The van der Waals surface area contributed by atoms with Gasteiger partial charge >= 0.3 is 6.18 Å². The van der Waals surface area contributed by atoms with E-state index in [2.05, 4.69) is 19.7 Å². The van der Waals surface area contributed by atoms with Crippen molar-refractivity contribution in [3.8, 4) is 5.75 Å². The summed E-state index contributed by atoms with van der Waals surface area (Å²) in [4.78, 5) is 6.45. The molecule has 0 radical (unpaired) electrons. The van der Waals surface area contributed by atoms with Crippen LogP contribution in [0.15, 0.2) is 17.4 Å². The van der Waals surface area contributed by atoms with Crippen molar-refractivity contribution in [3.63, 3.8) is 0 Å². The predicted octanol–water partition coefficient (Wildman–Crippen LogP) is 3.14. The maximum absolute atomic E-state index is 12.0. The van der Waals surface area contributed by atoms with Crippen LogP contribution in [0, 0.1) is 6.92 Å². The van der Waals surface area contributed by atoms with Gasteiger partial charge in [-0.05, 0) is 18.5 Å². The molecule has 0 amide bonds. The number of nitrogens with zero attached hydrogens (tertiary/aromatic N) is 4. The molecule has 1 heterocycles. The second-order valence-corrected chi connectivity index (χ2v) is 3.17. The molecule has 0 saturated heterocycles. The van der Waals surface area contributed by atoms with Crippen LogP contribution < -0.4 is 4.74 Å². The van der Waals surface area contributed by atoms with E-state index >= 15 is 0 Å². The summed E-state index contributed by atoms with van der Waals surface area (Å²) >= 11 is 0. The molecule has 8 heteroatoms. The molecule has 0 bridgehead atoms. The van der Waals surface area contributed by atoms with Gasteiger partial charge in [0.15, 0.2) is 6.61 Å². The lowest BCUT2D eigenvalue weighted by atomic mass is 10.2. The molecule has 0 saturated carbocycles. The molecule has 0 aliphatic carbocycles. The smallest absolute Gasteiger partial charge is 0.422 e. The number of azide groups is 1. The third kappa shape index (κ3) is 4.20. The van der Waals surface area contributed by atoms with Crippen molar-refractivity contribution in [3.05, 3.63) is 34.0 Å². The summed E-state index contributed by atoms with van der Waals surface area (Å²) in [5, 5.41) is 3.29. The molecule has 92 valence electrons. The highest BCUT2D eigenvalue weighted by atomic mass is 19.4. The second-order valence-electron chi connectivity index (χ2n) is 3.17. The number of halogens is 3. The first kappa shape index (κ1) is 13.1. The predicted molar refractivity (Wildman–Crippen MR) is 53.4 cm³/mol. The second kappa shape index (κ2) is 5.40. The first-order chi connectivity index (χ1) is 7.94. The van der Waals surface area contributed by atoms with Gasteiger partial charge in [-0.25, -0.2) is 0 Å². The Balaban J connectivity index is 2.83. The highest BCUT2D eigenvalue weighted by Gasteiger charge is 2.28. The van der Waals surface area contributed by atoms with Crippen LogP contribution in [0.2, 0.25) is 0 Å². The number of ether oxygens (including phenoxy) is 1. The van der Waals surface area contributed by atoms with Gasteiger partial charge in [0, 0.05) is 16.7 Å². The molecule has 0 fully saturated rings. The summed E-state index contributed by atoms with van der Waals surface area (Å²) in [6, 6.07) is 1.33. The van der Waals surface area contributed by atoms with E-state index in [9.17, 15) is 13.2 Å². The maximum Gasteiger partial charge on any atom is 0.422 e. The van der Waals surface area contributed by atoms with Crippen LogP contribution in [-0.2, 0) is 6.54 Å². The molecule has 1 aromatic heterocycles. The van der Waals surface area contributed by atoms with Crippen molar-refractivity contribution in [2.45, 2.75) is 19.6 Å². The van der Waals surface area contributed by atoms with Crippen molar-refractivity contribution in [2.24, 2.45) is 5.11 Å². The normalized spacial score (nSPS) is 10.8. The number of alkyl halides is 3. The van der Waals surface area contributed by atoms with Crippen LogP contribution in [0.5, 0.6) is 5.75 Å². The SMILES string of the molecule is Cc1c(OCC(F)(F)F)ccnc1CN=[N+]=[N-]. The molecule has 0 aromatic carbocycles. The van der Waals surface area contributed by atoms with Gasteiger partial charge in [0.1, 0.15) is 5.75 Å². The Morgan fingerprint density at radius 3 is 2.82 bits per heavy atom. The number of hydrogen-bond acceptors (Lipinski definition) is 3. The zero-order valence-corrected chi connectivity index (χ0v) is 8.90. The average Bonchev–Trinajstić information content (AvgIpc) is 2.25. The lowest BCUT2D eigenvalue weighted by Crippen LogP contribution is -2.19. The summed E-state index contributed by atoms with van der Waals surface area (Å²) in [5.41, 5.74) is 8.97. The van der Waals surface area contributed by atoms with Gasteiger partial charge < -0.3 is 4.74 Å². The van der Waals surface area contributed by atoms with Gasteiger partial charge in [-0.3, -0.25) is 4.98 Å². The van der Waals surface area contributed by atoms with Gasteiger partial charge in [0.25, 0.3) is 0 Å². The van der Waals surface area contributed by atoms with E-state index in [-0.39, 0.29) is 12.3 Å². The molecule has 1 rings (SSSR count). The van der Waals surface area contributed by atoms with Gasteiger partial charge in [-0.2, -0.15) is 13.2 Å². The van der Waals surface area contributed by atoms with E-state index in [1.54, 1.807) is 6.92 Å². The van der Waals surface area contributed by atoms with E-state index in [4.69, 9.17) is 5.53 Å². The minimum absolute atomic E-state index is 0.0223. The monoisotopic (exact) mass is 246 g/mol. The standard InChI is InChI=1S/C9H9F3N4O/c1-6-7(4-15-16-13)14-3-2-8(6)17-5-9(10,11)12/h2-3H,4-5H2,1H3. The van der Waals surface area contributed by atoms with E-state index < -0.39 is 12.8 Å². The molecule has 0 spiro atoms. The Kier molecular flexibility index (Phi) is 4.17. The van der Waals surface area contributed by atoms with Crippen molar-refractivity contribution < 1.29 is 17.9 Å². The first-order valence-electron chi connectivity index (χ1n) is 4.59. The highest BCUT2D eigenvalue weighted by molar-refractivity contribution is 5.34. The van der Waals surface area contributed by atoms with Gasteiger partial charge in [0.2, 0.25) is 0 Å². The number of pyridine rings is 1. The Morgan fingerprint density at radius 1 is 1.53 bits per heavy atom. The lowest BCUT2D eigenvalue weighted by Gasteiger charge is -2.12. The molecule has 17 heavy (non-hydrogen) atoms. The summed E-state index contributed by atoms with van der Waals surface area (Å²) in [6.45, 7) is 0.172. The van der Waals surface area contributed by atoms with Gasteiger partial charge in [-0.15, -0.1) is 0 Å². The van der Waals surface area contributed by atoms with Crippen LogP contribution >= 0.6 is 0 Å². The van der Waals surface area contributed by atoms with Gasteiger partial charge in [-0.1, -0.05) is 5.11 Å². The fourth-order valence-electron chi connectivity index (χ4n) is 1.13. The molecule has 1 aromatic rings. The van der Waals surface area contributed by atoms with Crippen molar-refractivity contribution in [2.75, 3.05) is 6.61 Å². The maximum atomic E-state index is 12.0. The Labute approximate surface area is 94.9 Å². The fourth-order valence-corrected chi connectivity index (χ4v) is 1.13. The van der Waals surface area contributed by atoms with E-state index in [0.29, 0.717) is 11.3 Å². The topological polar surface area (TPSA) is 70.9 Å². The zero-order chi connectivity index (χ0) is 12.9. The van der Waals surface area contributed by atoms with Crippen LogP contribution in [0.4, 0.5) is 13.2 Å². The minimum atomic E-state index is -4.39. The summed E-state index contributed by atoms with van der Waals surface area (Å²) in [6.07, 6.45) is -3.08. The fraction of sp³-hybridized carbons (Fsp3) is 0.444. The van der Waals surface area contributed by atoms with Crippen LogP contribution in [-0.4, -0.2) is 17.8 Å². The molecule has 0 N–H and O–H groups in total. The lowest BCUT2D eigenvalue weighted by molar-refractivity contribution is -0.153. The zero-order valence-electron chi connectivity index (χ0n) is 8.90. The van der Waals surface area contributed by atoms with Crippen molar-refractivity contribution in [1.82, 2.24) is 4.98 Å². The summed E-state index contributed by atoms with van der Waals surface area (Å²) < 4.78 is 40.5. The molecular weight excluding hydrogens is 237 g/mol. The Bertz CT molecular complexity index is 440. The molecule has 0 unspecified atom stereocenters. The van der Waals surface area contributed by atoms with Crippen LogP contribution in [0.3, 0.4) is 0 Å². The average molecular weight is 246 g/mol. The third-order valence-corrected chi connectivity index (χ3v) is 1.93. The van der Waals surface area contributed by atoms with Gasteiger partial charge in [0.05, 0.1) is 12.2 Å². The molecule has 5 nitrogen and oxygen atoms in total. The summed E-state index contributed by atoms with van der Waals surface area (Å²) in [7, 11) is 0. The number of hydrogen-bond donors (Lipinski definition) is 0. The Hall–Kier alpha value is -1.95. The number of aromatic nitrogens is 1. The van der Waals surface area contributed by atoms with Crippen molar-refractivity contribution in [1.29, 1.82) is 0 Å². The number of rotatable bonds is 4. The molecule has 0 aliphatic heterocycles. The van der Waals surface area contributed by atoms with E-state index in [1.165, 1.54) is 12.3 Å². The Morgan fingerprint density at radius 2 is 2.24 bits per heavy atom. The molecule has 0 aliphatic rings. The summed E-state index contributed by atoms with van der Waals surface area (Å²) in [5.74, 6) is 0.0838. The molecular formula is C9H9F3N4O.